The van der Waals surface area contributed by atoms with Crippen molar-refractivity contribution in [1.29, 1.82) is 0 Å². The highest BCUT2D eigenvalue weighted by molar-refractivity contribution is 5.76. The molecule has 1 amide bonds. The van der Waals surface area contributed by atoms with E-state index in [0.717, 1.165) is 19.5 Å². The van der Waals surface area contributed by atoms with Gasteiger partial charge in [0.2, 0.25) is 5.91 Å². The highest BCUT2D eigenvalue weighted by Gasteiger charge is 2.28. The van der Waals surface area contributed by atoms with E-state index in [4.69, 9.17) is 0 Å². The summed E-state index contributed by atoms with van der Waals surface area (Å²) in [6, 6.07) is 0.484. The monoisotopic (exact) mass is 266 g/mol. The van der Waals surface area contributed by atoms with Crippen LogP contribution in [0.4, 0.5) is 0 Å². The van der Waals surface area contributed by atoms with Crippen LogP contribution >= 0.6 is 0 Å². The predicted molar refractivity (Wildman–Crippen MR) is 79.1 cm³/mol. The topological polar surface area (TPSA) is 23.6 Å². The van der Waals surface area contributed by atoms with Gasteiger partial charge in [-0.25, -0.2) is 0 Å². The zero-order valence-corrected chi connectivity index (χ0v) is 12.7. The molecular formula is C16H30N2O. The molecule has 19 heavy (non-hydrogen) atoms. The van der Waals surface area contributed by atoms with Gasteiger partial charge in [0.25, 0.3) is 0 Å². The second kappa shape index (κ2) is 7.28. The number of rotatable bonds is 4. The van der Waals surface area contributed by atoms with E-state index in [0.29, 0.717) is 17.9 Å². The van der Waals surface area contributed by atoms with Gasteiger partial charge in [-0.15, -0.1) is 0 Å². The Bertz CT molecular complexity index is 284. The van der Waals surface area contributed by atoms with Crippen LogP contribution in [0.2, 0.25) is 0 Å². The van der Waals surface area contributed by atoms with Crippen molar-refractivity contribution in [2.75, 3.05) is 26.2 Å². The van der Waals surface area contributed by atoms with Crippen LogP contribution in [0, 0.1) is 5.92 Å². The minimum Gasteiger partial charge on any atom is -0.338 e. The van der Waals surface area contributed by atoms with Crippen molar-refractivity contribution < 1.29 is 4.79 Å². The first-order valence-corrected chi connectivity index (χ1v) is 8.18. The van der Waals surface area contributed by atoms with Gasteiger partial charge >= 0.3 is 0 Å². The number of piperidine rings is 2. The van der Waals surface area contributed by atoms with Crippen LogP contribution in [0.3, 0.4) is 0 Å². The zero-order chi connectivity index (χ0) is 13.7. The van der Waals surface area contributed by atoms with Crippen molar-refractivity contribution >= 4 is 5.91 Å². The lowest BCUT2D eigenvalue weighted by Gasteiger charge is -2.40. The van der Waals surface area contributed by atoms with Crippen LogP contribution in [-0.4, -0.2) is 47.9 Å². The van der Waals surface area contributed by atoms with Crippen molar-refractivity contribution in [3.63, 3.8) is 0 Å². The van der Waals surface area contributed by atoms with Crippen molar-refractivity contribution in [3.8, 4) is 0 Å². The lowest BCUT2D eigenvalue weighted by Crippen LogP contribution is -2.50. The van der Waals surface area contributed by atoms with Gasteiger partial charge in [-0.1, -0.05) is 20.3 Å². The zero-order valence-electron chi connectivity index (χ0n) is 12.7. The van der Waals surface area contributed by atoms with Crippen LogP contribution in [-0.2, 0) is 4.79 Å². The van der Waals surface area contributed by atoms with Crippen molar-refractivity contribution in [3.05, 3.63) is 0 Å². The van der Waals surface area contributed by atoms with Crippen molar-refractivity contribution in [2.45, 2.75) is 64.8 Å². The van der Waals surface area contributed by atoms with E-state index < -0.39 is 0 Å². The molecule has 0 aliphatic carbocycles. The molecular weight excluding hydrogens is 236 g/mol. The van der Waals surface area contributed by atoms with Gasteiger partial charge < -0.3 is 9.80 Å². The van der Waals surface area contributed by atoms with E-state index >= 15 is 0 Å². The molecule has 2 aliphatic rings. The Morgan fingerprint density at radius 1 is 1.05 bits per heavy atom. The molecule has 2 fully saturated rings. The maximum absolute atomic E-state index is 12.4. The fourth-order valence-electron chi connectivity index (χ4n) is 3.43. The van der Waals surface area contributed by atoms with E-state index in [1.54, 1.807) is 0 Å². The summed E-state index contributed by atoms with van der Waals surface area (Å²) in [5, 5.41) is 0. The van der Waals surface area contributed by atoms with E-state index in [9.17, 15) is 4.79 Å². The number of nitrogens with zero attached hydrogens (tertiary/aromatic N) is 2. The Hall–Kier alpha value is -0.570. The third-order valence-electron chi connectivity index (χ3n) is 4.45. The number of carbonyl (C=O) groups is 1. The van der Waals surface area contributed by atoms with E-state index in [1.165, 1.54) is 51.6 Å². The Labute approximate surface area is 118 Å². The number of amides is 1. The summed E-state index contributed by atoms with van der Waals surface area (Å²) >= 11 is 0. The average molecular weight is 266 g/mol. The summed E-state index contributed by atoms with van der Waals surface area (Å²) < 4.78 is 0. The Morgan fingerprint density at radius 3 is 2.42 bits per heavy atom. The number of likely N-dealkylation sites (tertiary alicyclic amines) is 2. The van der Waals surface area contributed by atoms with E-state index in [2.05, 4.69) is 23.6 Å². The normalized spacial score (nSPS) is 25.8. The van der Waals surface area contributed by atoms with Crippen LogP contribution in [0.25, 0.3) is 0 Å². The molecule has 2 heterocycles. The molecule has 0 aromatic rings. The minimum atomic E-state index is 0.386. The van der Waals surface area contributed by atoms with E-state index in [1.807, 2.05) is 0 Å². The molecule has 2 rings (SSSR count). The Kier molecular flexibility index (Phi) is 5.68. The molecule has 0 aromatic heterocycles. The minimum absolute atomic E-state index is 0.386. The lowest BCUT2D eigenvalue weighted by atomic mass is 9.99. The summed E-state index contributed by atoms with van der Waals surface area (Å²) in [5.74, 6) is 0.863. The van der Waals surface area contributed by atoms with Crippen molar-refractivity contribution in [2.24, 2.45) is 5.92 Å². The van der Waals surface area contributed by atoms with Crippen LogP contribution in [0.5, 0.6) is 0 Å². The second-order valence-electron chi connectivity index (χ2n) is 6.70. The third-order valence-corrected chi connectivity index (χ3v) is 4.45. The van der Waals surface area contributed by atoms with Gasteiger partial charge in [-0.05, 0) is 51.1 Å². The summed E-state index contributed by atoms with van der Waals surface area (Å²) in [5.41, 5.74) is 0. The van der Waals surface area contributed by atoms with Crippen LogP contribution in [0.15, 0.2) is 0 Å². The standard InChI is InChI=1S/C16H30N2O/c1-14(2)12-16(19)18-11-7-4-8-15(18)13-17-9-5-3-6-10-17/h14-15H,3-13H2,1-2H3. The molecule has 1 unspecified atom stereocenters. The summed E-state index contributed by atoms with van der Waals surface area (Å²) in [4.78, 5) is 17.1. The van der Waals surface area contributed by atoms with Crippen LogP contribution < -0.4 is 0 Å². The van der Waals surface area contributed by atoms with Gasteiger partial charge in [0.15, 0.2) is 0 Å². The molecule has 3 heteroatoms. The molecule has 0 radical (unpaired) electrons. The third kappa shape index (κ3) is 4.48. The second-order valence-corrected chi connectivity index (χ2v) is 6.70. The van der Waals surface area contributed by atoms with Gasteiger partial charge in [0.05, 0.1) is 0 Å². The summed E-state index contributed by atoms with van der Waals surface area (Å²) in [6.45, 7) is 8.86. The SMILES string of the molecule is CC(C)CC(=O)N1CCCCC1CN1CCCCC1. The quantitative estimate of drug-likeness (QED) is 0.781. The molecule has 0 bridgehead atoms. The predicted octanol–water partition coefficient (Wildman–Crippen LogP) is 2.90. The molecule has 2 aliphatic heterocycles. The number of hydrogen-bond acceptors (Lipinski definition) is 2. The molecule has 0 N–H and O–H groups in total. The first-order chi connectivity index (χ1) is 9.16. The number of hydrogen-bond donors (Lipinski definition) is 0. The molecule has 110 valence electrons. The number of carbonyl (C=O) groups excluding carboxylic acids is 1. The van der Waals surface area contributed by atoms with Crippen molar-refractivity contribution in [1.82, 2.24) is 9.80 Å². The van der Waals surface area contributed by atoms with Crippen LogP contribution in [0.1, 0.15) is 58.8 Å². The maximum atomic E-state index is 12.4. The molecule has 1 atom stereocenters. The smallest absolute Gasteiger partial charge is 0.223 e. The first kappa shape index (κ1) is 14.8. The average Bonchev–Trinajstić information content (AvgIpc) is 2.39. The highest BCUT2D eigenvalue weighted by atomic mass is 16.2. The summed E-state index contributed by atoms with van der Waals surface area (Å²) in [6.07, 6.45) is 8.48. The fourth-order valence-corrected chi connectivity index (χ4v) is 3.43. The van der Waals surface area contributed by atoms with Gasteiger partial charge in [-0.2, -0.15) is 0 Å². The maximum Gasteiger partial charge on any atom is 0.223 e. The Balaban J connectivity index is 1.89. The fraction of sp³-hybridized carbons (Fsp3) is 0.938. The molecule has 3 nitrogen and oxygen atoms in total. The molecule has 2 saturated heterocycles. The summed E-state index contributed by atoms with van der Waals surface area (Å²) in [7, 11) is 0. The highest BCUT2D eigenvalue weighted by Crippen LogP contribution is 2.21. The first-order valence-electron chi connectivity index (χ1n) is 8.18. The molecule has 0 aromatic carbocycles. The van der Waals surface area contributed by atoms with E-state index in [-0.39, 0.29) is 0 Å². The largest absolute Gasteiger partial charge is 0.338 e. The Morgan fingerprint density at radius 2 is 1.74 bits per heavy atom. The molecule has 0 spiro atoms. The molecule has 0 saturated carbocycles. The van der Waals surface area contributed by atoms with Gasteiger partial charge in [0.1, 0.15) is 0 Å². The van der Waals surface area contributed by atoms with Gasteiger partial charge in [-0.3, -0.25) is 4.79 Å². The lowest BCUT2D eigenvalue weighted by molar-refractivity contribution is -0.136. The van der Waals surface area contributed by atoms with Gasteiger partial charge in [0, 0.05) is 25.6 Å².